The molecule has 3 aromatic rings. The summed E-state index contributed by atoms with van der Waals surface area (Å²) in [6, 6.07) is 16.5. The number of benzene rings is 2. The summed E-state index contributed by atoms with van der Waals surface area (Å²) in [5, 5.41) is 6.33. The first-order valence-corrected chi connectivity index (χ1v) is 8.47. The summed E-state index contributed by atoms with van der Waals surface area (Å²) in [6.45, 7) is 0.692. The van der Waals surface area contributed by atoms with Crippen molar-refractivity contribution in [2.45, 2.75) is 5.92 Å². The van der Waals surface area contributed by atoms with Crippen LogP contribution in [0.1, 0.15) is 22.6 Å². The molecule has 5 heteroatoms. The quantitative estimate of drug-likeness (QED) is 0.751. The summed E-state index contributed by atoms with van der Waals surface area (Å²) in [5.74, 6) is 0.0701. The van der Waals surface area contributed by atoms with Gasteiger partial charge in [0, 0.05) is 18.0 Å². The van der Waals surface area contributed by atoms with Gasteiger partial charge in [0.25, 0.3) is 0 Å². The van der Waals surface area contributed by atoms with Gasteiger partial charge in [0.2, 0.25) is 0 Å². The SMILES string of the molecule is O=C(NCC=Cc1cnoc1)OCC1c2ccccc2-c2ccccc21. The third-order valence-corrected chi connectivity index (χ3v) is 4.47. The third-order valence-electron chi connectivity index (χ3n) is 4.47. The Bertz CT molecular complexity index is 886. The molecule has 0 unspecified atom stereocenters. The molecule has 1 N–H and O–H groups in total. The highest BCUT2D eigenvalue weighted by atomic mass is 16.5. The zero-order valence-corrected chi connectivity index (χ0v) is 14.1. The van der Waals surface area contributed by atoms with Crippen molar-refractivity contribution in [1.82, 2.24) is 10.5 Å². The van der Waals surface area contributed by atoms with Gasteiger partial charge in [0.15, 0.2) is 0 Å². The number of carbonyl (C=O) groups excluding carboxylic acids is 1. The minimum absolute atomic E-state index is 0.0701. The molecule has 0 saturated carbocycles. The lowest BCUT2D eigenvalue weighted by Gasteiger charge is -2.14. The number of fused-ring (bicyclic) bond motifs is 3. The van der Waals surface area contributed by atoms with E-state index in [1.54, 1.807) is 6.20 Å². The maximum atomic E-state index is 12.0. The summed E-state index contributed by atoms with van der Waals surface area (Å²) < 4.78 is 10.2. The molecule has 5 nitrogen and oxygen atoms in total. The first-order valence-electron chi connectivity index (χ1n) is 8.47. The molecule has 26 heavy (non-hydrogen) atoms. The van der Waals surface area contributed by atoms with Crippen molar-refractivity contribution in [2.75, 3.05) is 13.2 Å². The molecular weight excluding hydrogens is 328 g/mol. The Labute approximate surface area is 151 Å². The summed E-state index contributed by atoms with van der Waals surface area (Å²) in [6.07, 6.45) is 6.34. The van der Waals surface area contributed by atoms with Gasteiger partial charge in [-0.25, -0.2) is 4.79 Å². The molecule has 130 valence electrons. The van der Waals surface area contributed by atoms with E-state index in [1.165, 1.54) is 28.5 Å². The van der Waals surface area contributed by atoms with Crippen LogP contribution in [0.2, 0.25) is 0 Å². The van der Waals surface area contributed by atoms with Gasteiger partial charge in [-0.1, -0.05) is 65.8 Å². The van der Waals surface area contributed by atoms with Gasteiger partial charge in [-0.2, -0.15) is 0 Å². The van der Waals surface area contributed by atoms with Crippen LogP contribution >= 0.6 is 0 Å². The van der Waals surface area contributed by atoms with Crippen molar-refractivity contribution in [3.05, 3.63) is 83.8 Å². The molecule has 1 amide bonds. The van der Waals surface area contributed by atoms with Crippen molar-refractivity contribution < 1.29 is 14.1 Å². The van der Waals surface area contributed by atoms with E-state index in [1.807, 2.05) is 36.4 Å². The van der Waals surface area contributed by atoms with Crippen LogP contribution in [0, 0.1) is 0 Å². The minimum atomic E-state index is -0.429. The summed E-state index contributed by atoms with van der Waals surface area (Å²) in [4.78, 5) is 12.0. The lowest BCUT2D eigenvalue weighted by Crippen LogP contribution is -2.26. The van der Waals surface area contributed by atoms with Crippen molar-refractivity contribution in [1.29, 1.82) is 0 Å². The van der Waals surface area contributed by atoms with E-state index in [0.29, 0.717) is 13.2 Å². The molecule has 0 spiro atoms. The number of amides is 1. The van der Waals surface area contributed by atoms with Crippen molar-refractivity contribution in [3.63, 3.8) is 0 Å². The Morgan fingerprint density at radius 2 is 1.81 bits per heavy atom. The number of rotatable bonds is 5. The van der Waals surface area contributed by atoms with Gasteiger partial charge in [-0.05, 0) is 22.3 Å². The monoisotopic (exact) mass is 346 g/mol. The molecule has 1 aromatic heterocycles. The molecule has 1 aliphatic carbocycles. The Kier molecular flexibility index (Phi) is 4.51. The molecule has 0 aliphatic heterocycles. The zero-order valence-electron chi connectivity index (χ0n) is 14.1. The van der Waals surface area contributed by atoms with Crippen molar-refractivity contribution in [3.8, 4) is 11.1 Å². The maximum absolute atomic E-state index is 12.0. The molecule has 0 saturated heterocycles. The van der Waals surface area contributed by atoms with Crippen LogP contribution in [0.5, 0.6) is 0 Å². The fourth-order valence-corrected chi connectivity index (χ4v) is 3.28. The second-order valence-electron chi connectivity index (χ2n) is 6.07. The van der Waals surface area contributed by atoms with E-state index in [2.05, 4.69) is 34.7 Å². The number of nitrogens with one attached hydrogen (secondary N) is 1. The van der Waals surface area contributed by atoms with Crippen LogP contribution in [0.15, 0.2) is 71.6 Å². The highest BCUT2D eigenvalue weighted by molar-refractivity contribution is 5.79. The number of hydrogen-bond donors (Lipinski definition) is 1. The van der Waals surface area contributed by atoms with Crippen molar-refractivity contribution >= 4 is 12.2 Å². The molecule has 1 aliphatic rings. The van der Waals surface area contributed by atoms with Gasteiger partial charge in [0.1, 0.15) is 12.9 Å². The van der Waals surface area contributed by atoms with E-state index in [0.717, 1.165) is 5.56 Å². The molecule has 2 aromatic carbocycles. The van der Waals surface area contributed by atoms with Crippen LogP contribution < -0.4 is 5.32 Å². The average molecular weight is 346 g/mol. The molecule has 0 radical (unpaired) electrons. The largest absolute Gasteiger partial charge is 0.449 e. The topological polar surface area (TPSA) is 64.4 Å². The third kappa shape index (κ3) is 3.24. The van der Waals surface area contributed by atoms with Crippen LogP contribution in [-0.2, 0) is 4.74 Å². The molecular formula is C21H18N2O3. The summed E-state index contributed by atoms with van der Waals surface area (Å²) >= 11 is 0. The Hall–Kier alpha value is -3.34. The smallest absolute Gasteiger partial charge is 0.407 e. The number of nitrogens with zero attached hydrogens (tertiary/aromatic N) is 1. The number of aromatic nitrogens is 1. The van der Waals surface area contributed by atoms with Gasteiger partial charge >= 0.3 is 6.09 Å². The summed E-state index contributed by atoms with van der Waals surface area (Å²) in [5.41, 5.74) is 5.68. The van der Waals surface area contributed by atoms with Gasteiger partial charge < -0.3 is 14.6 Å². The molecule has 1 heterocycles. The van der Waals surface area contributed by atoms with E-state index < -0.39 is 6.09 Å². The Morgan fingerprint density at radius 1 is 1.12 bits per heavy atom. The van der Waals surface area contributed by atoms with Gasteiger partial charge in [-0.15, -0.1) is 0 Å². The van der Waals surface area contributed by atoms with Crippen LogP contribution in [0.4, 0.5) is 4.79 Å². The minimum Gasteiger partial charge on any atom is -0.449 e. The number of carbonyl (C=O) groups is 1. The van der Waals surface area contributed by atoms with E-state index in [4.69, 9.17) is 9.26 Å². The normalized spacial score (nSPS) is 12.8. The number of alkyl carbamates (subject to hydrolysis) is 1. The van der Waals surface area contributed by atoms with Gasteiger partial charge in [-0.3, -0.25) is 0 Å². The predicted molar refractivity (Wildman–Crippen MR) is 98.6 cm³/mol. The highest BCUT2D eigenvalue weighted by Gasteiger charge is 2.28. The van der Waals surface area contributed by atoms with Crippen molar-refractivity contribution in [2.24, 2.45) is 0 Å². The molecule has 0 fully saturated rings. The fourth-order valence-electron chi connectivity index (χ4n) is 3.28. The number of ether oxygens (including phenoxy) is 1. The average Bonchev–Trinajstić information content (AvgIpc) is 3.30. The Morgan fingerprint density at radius 3 is 2.46 bits per heavy atom. The second kappa shape index (κ2) is 7.27. The predicted octanol–water partition coefficient (Wildman–Crippen LogP) is 4.23. The Balaban J connectivity index is 1.36. The first kappa shape index (κ1) is 16.1. The van der Waals surface area contributed by atoms with E-state index in [-0.39, 0.29) is 5.92 Å². The highest BCUT2D eigenvalue weighted by Crippen LogP contribution is 2.44. The van der Waals surface area contributed by atoms with E-state index >= 15 is 0 Å². The van der Waals surface area contributed by atoms with Crippen LogP contribution in [-0.4, -0.2) is 24.4 Å². The molecule has 0 bridgehead atoms. The van der Waals surface area contributed by atoms with E-state index in [9.17, 15) is 4.79 Å². The zero-order chi connectivity index (χ0) is 17.8. The summed E-state index contributed by atoms with van der Waals surface area (Å²) in [7, 11) is 0. The van der Waals surface area contributed by atoms with Gasteiger partial charge in [0.05, 0.1) is 6.20 Å². The maximum Gasteiger partial charge on any atom is 0.407 e. The number of hydrogen-bond acceptors (Lipinski definition) is 4. The lowest BCUT2D eigenvalue weighted by molar-refractivity contribution is 0.144. The standard InChI is InChI=1S/C21H18N2O3/c24-21(22-11-5-6-15-12-23-26-13-15)25-14-20-18-9-3-1-7-16(18)17-8-2-4-10-19(17)20/h1-10,12-13,20H,11,14H2,(H,22,24). The van der Waals surface area contributed by atoms with Crippen LogP contribution in [0.25, 0.3) is 17.2 Å². The molecule has 0 atom stereocenters. The van der Waals surface area contributed by atoms with Crippen LogP contribution in [0.3, 0.4) is 0 Å². The second-order valence-corrected chi connectivity index (χ2v) is 6.07. The molecule has 4 rings (SSSR count). The fraction of sp³-hybridized carbons (Fsp3) is 0.143. The first-order chi connectivity index (χ1) is 12.8. The lowest BCUT2D eigenvalue weighted by atomic mass is 9.98.